The van der Waals surface area contributed by atoms with Crippen LogP contribution in [0.1, 0.15) is 0 Å². The van der Waals surface area contributed by atoms with Gasteiger partial charge in [-0.05, 0) is 30.3 Å². The molecule has 0 atom stereocenters. The van der Waals surface area contributed by atoms with Gasteiger partial charge in [-0.3, -0.25) is 4.79 Å². The molecule has 0 aliphatic rings. The number of nitrogens with one attached hydrogen (secondary N) is 1. The van der Waals surface area contributed by atoms with Gasteiger partial charge in [0.25, 0.3) is 5.56 Å². The molecule has 0 fully saturated rings. The minimum atomic E-state index is -3.62. The van der Waals surface area contributed by atoms with E-state index in [2.05, 4.69) is 9.82 Å². The van der Waals surface area contributed by atoms with E-state index >= 15 is 0 Å². The fourth-order valence-corrected chi connectivity index (χ4v) is 2.70. The van der Waals surface area contributed by atoms with Gasteiger partial charge in [0.15, 0.2) is 0 Å². The Morgan fingerprint density at radius 1 is 1.24 bits per heavy atom. The molecule has 0 unspecified atom stereocenters. The molecule has 0 saturated heterocycles. The molecule has 0 aliphatic carbocycles. The van der Waals surface area contributed by atoms with E-state index in [1.807, 2.05) is 0 Å². The number of sulfonamides is 1. The molecule has 0 radical (unpaired) electrons. The second-order valence-electron chi connectivity index (χ2n) is 4.16. The Morgan fingerprint density at radius 2 is 1.95 bits per heavy atom. The molecule has 0 bridgehead atoms. The summed E-state index contributed by atoms with van der Waals surface area (Å²) in [4.78, 5) is 11.6. The summed E-state index contributed by atoms with van der Waals surface area (Å²) in [6.45, 7) is 0.236. The summed E-state index contributed by atoms with van der Waals surface area (Å²) in [5.74, 6) is 0.578. The third-order valence-corrected chi connectivity index (χ3v) is 4.25. The Labute approximate surface area is 122 Å². The number of benzene rings is 1. The standard InChI is InChI=1S/C13H15N3O4S/c1-20-11-4-6-12(7-5-11)21(18,19)15-9-10-16-13(17)3-2-8-14-16/h2-8,15H,9-10H2,1H3. The van der Waals surface area contributed by atoms with Crippen LogP contribution in [0.25, 0.3) is 0 Å². The molecule has 8 heteroatoms. The number of hydrogen-bond acceptors (Lipinski definition) is 5. The molecule has 1 N–H and O–H groups in total. The number of rotatable bonds is 6. The Bertz CT molecular complexity index is 753. The average molecular weight is 309 g/mol. The van der Waals surface area contributed by atoms with Gasteiger partial charge >= 0.3 is 0 Å². The highest BCUT2D eigenvalue weighted by Gasteiger charge is 2.13. The molecule has 1 heterocycles. The Kier molecular flexibility index (Phi) is 4.71. The fourth-order valence-electron chi connectivity index (χ4n) is 1.68. The second-order valence-corrected chi connectivity index (χ2v) is 5.93. The highest BCUT2D eigenvalue weighted by atomic mass is 32.2. The van der Waals surface area contributed by atoms with Crippen molar-refractivity contribution in [2.75, 3.05) is 13.7 Å². The lowest BCUT2D eigenvalue weighted by Gasteiger charge is -2.08. The lowest BCUT2D eigenvalue weighted by atomic mass is 10.3. The zero-order valence-corrected chi connectivity index (χ0v) is 12.2. The molecule has 0 spiro atoms. The fraction of sp³-hybridized carbons (Fsp3) is 0.231. The van der Waals surface area contributed by atoms with Crippen molar-refractivity contribution in [1.82, 2.24) is 14.5 Å². The van der Waals surface area contributed by atoms with Gasteiger partial charge < -0.3 is 4.74 Å². The van der Waals surface area contributed by atoms with E-state index < -0.39 is 10.0 Å². The maximum atomic E-state index is 12.0. The van der Waals surface area contributed by atoms with Crippen LogP contribution >= 0.6 is 0 Å². The monoisotopic (exact) mass is 309 g/mol. The van der Waals surface area contributed by atoms with E-state index in [-0.39, 0.29) is 23.5 Å². The molecule has 0 amide bonds. The number of nitrogens with zero attached hydrogens (tertiary/aromatic N) is 2. The lowest BCUT2D eigenvalue weighted by Crippen LogP contribution is -2.31. The smallest absolute Gasteiger partial charge is 0.266 e. The first-order valence-electron chi connectivity index (χ1n) is 6.19. The topological polar surface area (TPSA) is 90.3 Å². The Balaban J connectivity index is 2.01. The SMILES string of the molecule is COc1ccc(S(=O)(=O)NCCn2ncccc2=O)cc1. The number of ether oxygens (including phenoxy) is 1. The van der Waals surface area contributed by atoms with E-state index in [1.165, 1.54) is 42.3 Å². The van der Waals surface area contributed by atoms with Crippen LogP contribution in [0.2, 0.25) is 0 Å². The number of methoxy groups -OCH3 is 1. The van der Waals surface area contributed by atoms with Crippen LogP contribution in [0.4, 0.5) is 0 Å². The third kappa shape index (κ3) is 3.89. The Hall–Kier alpha value is -2.19. The quantitative estimate of drug-likeness (QED) is 0.825. The van der Waals surface area contributed by atoms with Crippen molar-refractivity contribution in [2.45, 2.75) is 11.4 Å². The van der Waals surface area contributed by atoms with Crippen LogP contribution in [0.5, 0.6) is 5.75 Å². The summed E-state index contributed by atoms with van der Waals surface area (Å²) in [5.41, 5.74) is -0.277. The van der Waals surface area contributed by atoms with Crippen LogP contribution in [-0.4, -0.2) is 31.9 Å². The van der Waals surface area contributed by atoms with Crippen LogP contribution < -0.4 is 15.0 Å². The first-order chi connectivity index (χ1) is 10.0. The summed E-state index contributed by atoms with van der Waals surface area (Å²) >= 11 is 0. The zero-order valence-electron chi connectivity index (χ0n) is 11.4. The molecule has 0 saturated carbocycles. The van der Waals surface area contributed by atoms with Gasteiger partial charge in [0.2, 0.25) is 10.0 Å². The van der Waals surface area contributed by atoms with Crippen molar-refractivity contribution in [3.63, 3.8) is 0 Å². The number of aromatic nitrogens is 2. The molecule has 112 valence electrons. The summed E-state index contributed by atoms with van der Waals surface area (Å²) in [5, 5.41) is 3.85. The molecule has 2 rings (SSSR count). The average Bonchev–Trinajstić information content (AvgIpc) is 2.49. The molecular formula is C13H15N3O4S. The van der Waals surface area contributed by atoms with Crippen LogP contribution in [0.3, 0.4) is 0 Å². The van der Waals surface area contributed by atoms with E-state index in [4.69, 9.17) is 4.74 Å². The van der Waals surface area contributed by atoms with Gasteiger partial charge in [-0.15, -0.1) is 0 Å². The van der Waals surface area contributed by atoms with Gasteiger partial charge in [0.05, 0.1) is 18.6 Å². The molecule has 21 heavy (non-hydrogen) atoms. The van der Waals surface area contributed by atoms with Crippen LogP contribution in [0.15, 0.2) is 52.3 Å². The molecule has 2 aromatic rings. The van der Waals surface area contributed by atoms with Crippen molar-refractivity contribution in [2.24, 2.45) is 0 Å². The molecular weight excluding hydrogens is 294 g/mol. The van der Waals surface area contributed by atoms with Crippen molar-refractivity contribution < 1.29 is 13.2 Å². The number of hydrogen-bond donors (Lipinski definition) is 1. The first kappa shape index (κ1) is 15.2. The van der Waals surface area contributed by atoms with Gasteiger partial charge in [0, 0.05) is 18.8 Å². The van der Waals surface area contributed by atoms with Gasteiger partial charge in [-0.2, -0.15) is 5.10 Å². The Morgan fingerprint density at radius 3 is 2.57 bits per heavy atom. The van der Waals surface area contributed by atoms with E-state index in [0.29, 0.717) is 5.75 Å². The minimum Gasteiger partial charge on any atom is -0.497 e. The lowest BCUT2D eigenvalue weighted by molar-refractivity contribution is 0.414. The highest BCUT2D eigenvalue weighted by molar-refractivity contribution is 7.89. The highest BCUT2D eigenvalue weighted by Crippen LogP contribution is 2.14. The predicted molar refractivity (Wildman–Crippen MR) is 76.7 cm³/mol. The zero-order chi connectivity index (χ0) is 15.3. The molecule has 1 aromatic heterocycles. The van der Waals surface area contributed by atoms with Crippen molar-refractivity contribution in [3.05, 3.63) is 52.9 Å². The maximum Gasteiger partial charge on any atom is 0.266 e. The largest absolute Gasteiger partial charge is 0.497 e. The second kappa shape index (κ2) is 6.51. The first-order valence-corrected chi connectivity index (χ1v) is 7.67. The predicted octanol–water partition coefficient (Wildman–Crippen LogP) is 0.230. The van der Waals surface area contributed by atoms with E-state index in [9.17, 15) is 13.2 Å². The summed E-state index contributed by atoms with van der Waals surface area (Å²) < 4.78 is 32.7. The van der Waals surface area contributed by atoms with Crippen LogP contribution in [0, 0.1) is 0 Å². The summed E-state index contributed by atoms with van der Waals surface area (Å²) in [6, 6.07) is 8.93. The van der Waals surface area contributed by atoms with Crippen molar-refractivity contribution in [1.29, 1.82) is 0 Å². The van der Waals surface area contributed by atoms with E-state index in [0.717, 1.165) is 0 Å². The van der Waals surface area contributed by atoms with Gasteiger partial charge in [0.1, 0.15) is 5.75 Å². The summed E-state index contributed by atoms with van der Waals surface area (Å²) in [6.07, 6.45) is 1.47. The third-order valence-electron chi connectivity index (χ3n) is 2.77. The van der Waals surface area contributed by atoms with Crippen molar-refractivity contribution >= 4 is 10.0 Å². The maximum absolute atomic E-state index is 12.0. The van der Waals surface area contributed by atoms with Crippen LogP contribution in [-0.2, 0) is 16.6 Å². The van der Waals surface area contributed by atoms with Gasteiger partial charge in [-0.1, -0.05) is 0 Å². The minimum absolute atomic E-state index is 0.0747. The van der Waals surface area contributed by atoms with Crippen molar-refractivity contribution in [3.8, 4) is 5.75 Å². The summed E-state index contributed by atoms with van der Waals surface area (Å²) in [7, 11) is -2.11. The van der Waals surface area contributed by atoms with E-state index in [1.54, 1.807) is 12.1 Å². The molecule has 1 aromatic carbocycles. The normalized spacial score (nSPS) is 11.3. The molecule has 0 aliphatic heterocycles. The van der Waals surface area contributed by atoms with Gasteiger partial charge in [-0.25, -0.2) is 17.8 Å². The molecule has 7 nitrogen and oxygen atoms in total.